The second kappa shape index (κ2) is 13.2. The molecule has 0 unspecified atom stereocenters. The van der Waals surface area contributed by atoms with Crippen LogP contribution in [0.1, 0.15) is 43.7 Å². The van der Waals surface area contributed by atoms with Crippen LogP contribution in [0.5, 0.6) is 0 Å². The first-order valence-corrected chi connectivity index (χ1v) is 15.3. The summed E-state index contributed by atoms with van der Waals surface area (Å²) in [6, 6.07) is 16.5. The topological polar surface area (TPSA) is 86.8 Å². The van der Waals surface area contributed by atoms with Gasteiger partial charge in [-0.25, -0.2) is 8.42 Å². The highest BCUT2D eigenvalue weighted by atomic mass is 35.5. The molecule has 1 aliphatic rings. The lowest BCUT2D eigenvalue weighted by Crippen LogP contribution is -2.52. The van der Waals surface area contributed by atoms with E-state index in [1.165, 1.54) is 42.2 Å². The van der Waals surface area contributed by atoms with Crippen LogP contribution in [0.15, 0.2) is 83.8 Å². The number of hydrogen-bond acceptors (Lipinski definition) is 4. The molecule has 0 spiro atoms. The quantitative estimate of drug-likeness (QED) is 0.300. The van der Waals surface area contributed by atoms with Gasteiger partial charge in [0, 0.05) is 17.6 Å². The van der Waals surface area contributed by atoms with Crippen LogP contribution < -0.4 is 9.62 Å². The van der Waals surface area contributed by atoms with Gasteiger partial charge in [-0.15, -0.1) is 0 Å². The summed E-state index contributed by atoms with van der Waals surface area (Å²) in [7, 11) is -4.50. The molecule has 0 aliphatic heterocycles. The third kappa shape index (κ3) is 7.43. The van der Waals surface area contributed by atoms with Crippen molar-refractivity contribution in [3.05, 3.63) is 95.0 Å². The summed E-state index contributed by atoms with van der Waals surface area (Å²) < 4.78 is 68.9. The molecular weight excluding hydrogens is 591 g/mol. The number of rotatable bonds is 10. The maximum atomic E-state index is 14.0. The second-order valence-corrected chi connectivity index (χ2v) is 12.4. The minimum Gasteiger partial charge on any atom is -0.352 e. The van der Waals surface area contributed by atoms with E-state index in [0.717, 1.165) is 37.8 Å². The van der Waals surface area contributed by atoms with Crippen molar-refractivity contribution in [3.8, 4) is 0 Å². The first kappa shape index (κ1) is 31.4. The maximum Gasteiger partial charge on any atom is 0.416 e. The number of alkyl halides is 3. The van der Waals surface area contributed by atoms with E-state index in [1.54, 1.807) is 30.3 Å². The number of carbonyl (C=O) groups excluding carboxylic acids is 2. The monoisotopic (exact) mass is 621 g/mol. The third-order valence-electron chi connectivity index (χ3n) is 7.24. The molecule has 1 saturated carbocycles. The predicted octanol–water partition coefficient (Wildman–Crippen LogP) is 6.03. The standard InChI is InChI=1S/C30H31ClF3N3O4S/c1-21(29(39)35-24-12-6-7-13-24)36(19-22-10-5-8-17-27(22)31)28(38)20-37(42(40,41)26-15-3-2-4-16-26)25-14-9-11-23(18-25)30(32,33)34/h2-5,8-11,14-18,21,24H,6-7,12-13,19-20H2,1H3,(H,35,39)/t21-/m0/s1. The highest BCUT2D eigenvalue weighted by Gasteiger charge is 2.35. The lowest BCUT2D eigenvalue weighted by atomic mass is 10.1. The van der Waals surface area contributed by atoms with Gasteiger partial charge in [-0.3, -0.25) is 13.9 Å². The molecule has 1 N–H and O–H groups in total. The number of hydrogen-bond donors (Lipinski definition) is 1. The molecule has 3 aromatic rings. The summed E-state index contributed by atoms with van der Waals surface area (Å²) in [6.45, 7) is 0.545. The van der Waals surface area contributed by atoms with Gasteiger partial charge in [-0.2, -0.15) is 13.2 Å². The summed E-state index contributed by atoms with van der Waals surface area (Å²) in [5, 5.41) is 3.30. The van der Waals surface area contributed by atoms with E-state index < -0.39 is 46.2 Å². The van der Waals surface area contributed by atoms with Crippen molar-refractivity contribution in [1.29, 1.82) is 0 Å². The Hall–Kier alpha value is -3.57. The van der Waals surface area contributed by atoms with E-state index in [-0.39, 0.29) is 23.2 Å². The first-order valence-electron chi connectivity index (χ1n) is 13.5. The number of anilines is 1. The molecule has 7 nitrogen and oxygen atoms in total. The van der Waals surface area contributed by atoms with E-state index in [9.17, 15) is 31.2 Å². The highest BCUT2D eigenvalue weighted by molar-refractivity contribution is 7.92. The number of nitrogens with one attached hydrogen (secondary N) is 1. The number of nitrogens with zero attached hydrogens (tertiary/aromatic N) is 2. The van der Waals surface area contributed by atoms with Gasteiger partial charge in [-0.1, -0.05) is 66.9 Å². The average Bonchev–Trinajstić information content (AvgIpc) is 3.48. The molecule has 12 heteroatoms. The number of sulfonamides is 1. The SMILES string of the molecule is C[C@@H](C(=O)NC1CCCC1)N(Cc1ccccc1Cl)C(=O)CN(c1cccc(C(F)(F)F)c1)S(=O)(=O)c1ccccc1. The molecule has 4 rings (SSSR count). The summed E-state index contributed by atoms with van der Waals surface area (Å²) >= 11 is 6.36. The molecule has 224 valence electrons. The van der Waals surface area contributed by atoms with Crippen LogP contribution in [0.2, 0.25) is 5.02 Å². The lowest BCUT2D eigenvalue weighted by Gasteiger charge is -2.32. The Morgan fingerprint density at radius 3 is 2.26 bits per heavy atom. The Bertz CT molecular complexity index is 1510. The zero-order valence-corrected chi connectivity index (χ0v) is 24.4. The van der Waals surface area contributed by atoms with Crippen molar-refractivity contribution >= 4 is 39.1 Å². The summed E-state index contributed by atoms with van der Waals surface area (Å²) in [5.41, 5.74) is -0.898. The average molecular weight is 622 g/mol. The van der Waals surface area contributed by atoms with Gasteiger partial charge >= 0.3 is 6.18 Å². The van der Waals surface area contributed by atoms with Gasteiger partial charge in [0.1, 0.15) is 12.6 Å². The fraction of sp³-hybridized carbons (Fsp3) is 0.333. The van der Waals surface area contributed by atoms with Gasteiger partial charge in [0.2, 0.25) is 11.8 Å². The number of carbonyl (C=O) groups is 2. The van der Waals surface area contributed by atoms with Crippen LogP contribution in [0.25, 0.3) is 0 Å². The van der Waals surface area contributed by atoms with Crippen LogP contribution >= 0.6 is 11.6 Å². The molecule has 42 heavy (non-hydrogen) atoms. The zero-order valence-electron chi connectivity index (χ0n) is 22.9. The fourth-order valence-corrected chi connectivity index (χ4v) is 6.49. The van der Waals surface area contributed by atoms with Crippen molar-refractivity contribution in [2.45, 2.75) is 62.3 Å². The second-order valence-electron chi connectivity index (χ2n) is 10.2. The van der Waals surface area contributed by atoms with E-state index in [2.05, 4.69) is 5.32 Å². The van der Waals surface area contributed by atoms with Crippen molar-refractivity contribution in [2.24, 2.45) is 0 Å². The van der Waals surface area contributed by atoms with Crippen LogP contribution in [0.3, 0.4) is 0 Å². The molecule has 2 amide bonds. The maximum absolute atomic E-state index is 14.0. The molecule has 1 fully saturated rings. The minimum atomic E-state index is -4.74. The number of halogens is 4. The highest BCUT2D eigenvalue weighted by Crippen LogP contribution is 2.33. The van der Waals surface area contributed by atoms with E-state index in [0.29, 0.717) is 21.0 Å². The van der Waals surface area contributed by atoms with Crippen LogP contribution in [0, 0.1) is 0 Å². The molecule has 0 bridgehead atoms. The largest absolute Gasteiger partial charge is 0.416 e. The van der Waals surface area contributed by atoms with Crippen LogP contribution in [0.4, 0.5) is 18.9 Å². The van der Waals surface area contributed by atoms with E-state index in [4.69, 9.17) is 11.6 Å². The van der Waals surface area contributed by atoms with Gasteiger partial charge in [0.05, 0.1) is 16.1 Å². The number of benzene rings is 3. The Balaban J connectivity index is 1.73. The molecule has 0 radical (unpaired) electrons. The van der Waals surface area contributed by atoms with Gasteiger partial charge in [0.25, 0.3) is 10.0 Å². The molecule has 0 saturated heterocycles. The summed E-state index contributed by atoms with van der Waals surface area (Å²) in [5.74, 6) is -1.21. The van der Waals surface area contributed by atoms with Crippen molar-refractivity contribution in [1.82, 2.24) is 10.2 Å². The Kier molecular flexibility index (Phi) is 9.83. The molecule has 0 heterocycles. The van der Waals surface area contributed by atoms with E-state index in [1.807, 2.05) is 0 Å². The van der Waals surface area contributed by atoms with Gasteiger partial charge in [-0.05, 0) is 61.7 Å². The molecule has 0 aromatic heterocycles. The summed E-state index contributed by atoms with van der Waals surface area (Å²) in [4.78, 5) is 28.2. The third-order valence-corrected chi connectivity index (χ3v) is 9.40. The van der Waals surface area contributed by atoms with E-state index >= 15 is 0 Å². The number of amides is 2. The smallest absolute Gasteiger partial charge is 0.352 e. The van der Waals surface area contributed by atoms with Crippen molar-refractivity contribution in [3.63, 3.8) is 0 Å². The Morgan fingerprint density at radius 2 is 1.62 bits per heavy atom. The van der Waals surface area contributed by atoms with Gasteiger partial charge in [0.15, 0.2) is 0 Å². The summed E-state index contributed by atoms with van der Waals surface area (Å²) in [6.07, 6.45) is -1.16. The van der Waals surface area contributed by atoms with Crippen molar-refractivity contribution in [2.75, 3.05) is 10.8 Å². The first-order chi connectivity index (χ1) is 19.9. The Morgan fingerprint density at radius 1 is 0.976 bits per heavy atom. The fourth-order valence-electron chi connectivity index (χ4n) is 4.87. The molecular formula is C30H31ClF3N3O4S. The predicted molar refractivity (Wildman–Crippen MR) is 154 cm³/mol. The van der Waals surface area contributed by atoms with Gasteiger partial charge < -0.3 is 10.2 Å². The Labute approximate surface area is 248 Å². The molecule has 1 aliphatic carbocycles. The van der Waals surface area contributed by atoms with Crippen LogP contribution in [-0.4, -0.2) is 43.8 Å². The molecule has 3 aromatic carbocycles. The zero-order chi connectivity index (χ0) is 30.5. The van der Waals surface area contributed by atoms with Crippen LogP contribution in [-0.2, 0) is 32.3 Å². The normalized spacial score (nSPS) is 14.8. The minimum absolute atomic E-state index is 0.0303. The molecule has 1 atom stereocenters. The lowest BCUT2D eigenvalue weighted by molar-refractivity contribution is -0.139. The van der Waals surface area contributed by atoms with Crippen molar-refractivity contribution < 1.29 is 31.2 Å².